The normalized spacial score (nSPS) is 11.6. The maximum Gasteiger partial charge on any atom is 0.283 e. The predicted molar refractivity (Wildman–Crippen MR) is 100 cm³/mol. The second-order valence-corrected chi connectivity index (χ2v) is 9.12. The number of aromatic nitrogens is 3. The topological polar surface area (TPSA) is 102 Å². The molecule has 0 saturated carbocycles. The highest BCUT2D eigenvalue weighted by Crippen LogP contribution is 2.31. The molecule has 0 aliphatic rings. The van der Waals surface area contributed by atoms with Crippen molar-refractivity contribution >= 4 is 27.3 Å². The van der Waals surface area contributed by atoms with Gasteiger partial charge in [-0.2, -0.15) is 0 Å². The zero-order valence-electron chi connectivity index (χ0n) is 14.4. The van der Waals surface area contributed by atoms with Crippen molar-refractivity contribution in [3.63, 3.8) is 0 Å². The quantitative estimate of drug-likeness (QED) is 0.699. The Balaban J connectivity index is 1.87. The molecule has 0 saturated heterocycles. The maximum absolute atomic E-state index is 13.3. The van der Waals surface area contributed by atoms with Crippen LogP contribution >= 0.6 is 11.3 Å². The van der Waals surface area contributed by atoms with Gasteiger partial charge in [0, 0.05) is 18.0 Å². The molecule has 3 rings (SSSR count). The van der Waals surface area contributed by atoms with Crippen LogP contribution in [0.15, 0.2) is 42.9 Å². The molecule has 1 amide bonds. The van der Waals surface area contributed by atoms with Crippen LogP contribution in [0.2, 0.25) is 0 Å². The monoisotopic (exact) mass is 406 g/mol. The van der Waals surface area contributed by atoms with Gasteiger partial charge >= 0.3 is 0 Å². The van der Waals surface area contributed by atoms with Gasteiger partial charge in [-0.25, -0.2) is 27.5 Å². The summed E-state index contributed by atoms with van der Waals surface area (Å²) in [5, 5.41) is -0.190. The Bertz CT molecular complexity index is 1100. The lowest BCUT2D eigenvalue weighted by atomic mass is 10.2. The van der Waals surface area contributed by atoms with Gasteiger partial charge in [0.15, 0.2) is 0 Å². The third-order valence-corrected chi connectivity index (χ3v) is 6.33. The van der Waals surface area contributed by atoms with Crippen molar-refractivity contribution in [1.82, 2.24) is 19.7 Å². The molecule has 0 bridgehead atoms. The van der Waals surface area contributed by atoms with Crippen molar-refractivity contribution in [3.05, 3.63) is 54.4 Å². The summed E-state index contributed by atoms with van der Waals surface area (Å²) in [5.41, 5.74) is 0.958. The molecule has 3 heterocycles. The third kappa shape index (κ3) is 4.34. The summed E-state index contributed by atoms with van der Waals surface area (Å²) in [7, 11) is -3.75. The fraction of sp³-hybridized carbons (Fsp3) is 0.176. The maximum atomic E-state index is 13.3. The number of hydrogen-bond acceptors (Lipinski definition) is 7. The molecule has 0 aliphatic heterocycles. The summed E-state index contributed by atoms with van der Waals surface area (Å²) < 4.78 is 39.0. The van der Waals surface area contributed by atoms with Crippen LogP contribution in [0, 0.1) is 5.82 Å². The zero-order valence-corrected chi connectivity index (χ0v) is 16.0. The molecule has 3 aromatic heterocycles. The average Bonchev–Trinajstić information content (AvgIpc) is 3.11. The van der Waals surface area contributed by atoms with Crippen LogP contribution < -0.4 is 4.72 Å². The number of thiazole rings is 1. The summed E-state index contributed by atoms with van der Waals surface area (Å²) >= 11 is 1.26. The molecule has 10 heteroatoms. The number of sulfonamides is 1. The minimum absolute atomic E-state index is 0.0286. The Labute approximate surface area is 159 Å². The number of halogens is 1. The lowest BCUT2D eigenvalue weighted by Crippen LogP contribution is -2.36. The standard InChI is InChI=1S/C17H15FN4O3S2/c1-10(2)27(24,25)22-16(23)14-5-3-4-13(21-14)15-9-20-17(26-15)11-6-12(18)8-19-7-11/h3-10H,1-2H3,(H,22,23). The van der Waals surface area contributed by atoms with Gasteiger partial charge in [-0.3, -0.25) is 9.78 Å². The first-order chi connectivity index (χ1) is 12.8. The molecule has 27 heavy (non-hydrogen) atoms. The molecule has 3 aromatic rings. The molecule has 0 spiro atoms. The van der Waals surface area contributed by atoms with E-state index in [1.54, 1.807) is 18.3 Å². The number of amides is 1. The van der Waals surface area contributed by atoms with Gasteiger partial charge in [-0.05, 0) is 32.0 Å². The first-order valence-electron chi connectivity index (χ1n) is 7.86. The summed E-state index contributed by atoms with van der Waals surface area (Å²) in [4.78, 5) is 25.1. The average molecular weight is 406 g/mol. The van der Waals surface area contributed by atoms with E-state index in [0.717, 1.165) is 6.20 Å². The third-order valence-electron chi connectivity index (χ3n) is 3.55. The van der Waals surface area contributed by atoms with Gasteiger partial charge in [-0.15, -0.1) is 11.3 Å². The van der Waals surface area contributed by atoms with Crippen molar-refractivity contribution in [2.24, 2.45) is 0 Å². The van der Waals surface area contributed by atoms with Crippen LogP contribution in [0.25, 0.3) is 21.1 Å². The minimum atomic E-state index is -3.75. The van der Waals surface area contributed by atoms with Gasteiger partial charge < -0.3 is 0 Å². The fourth-order valence-corrected chi connectivity index (χ4v) is 3.52. The molecule has 0 unspecified atom stereocenters. The Kier molecular flexibility index (Phi) is 5.29. The number of carbonyl (C=O) groups is 1. The highest BCUT2D eigenvalue weighted by molar-refractivity contribution is 7.90. The zero-order chi connectivity index (χ0) is 19.6. The Hall–Kier alpha value is -2.72. The summed E-state index contributed by atoms with van der Waals surface area (Å²) in [6.07, 6.45) is 4.16. The molecule has 1 N–H and O–H groups in total. The minimum Gasteiger partial charge on any atom is -0.266 e. The molecule has 0 aromatic carbocycles. The highest BCUT2D eigenvalue weighted by Gasteiger charge is 2.21. The molecule has 0 aliphatic carbocycles. The van der Waals surface area contributed by atoms with Crippen molar-refractivity contribution in [2.45, 2.75) is 19.1 Å². The predicted octanol–water partition coefficient (Wildman–Crippen LogP) is 2.87. The van der Waals surface area contributed by atoms with Gasteiger partial charge in [0.05, 0.1) is 22.0 Å². The van der Waals surface area contributed by atoms with E-state index in [1.165, 1.54) is 43.5 Å². The van der Waals surface area contributed by atoms with Gasteiger partial charge in [0.1, 0.15) is 16.5 Å². The Morgan fingerprint density at radius 3 is 2.70 bits per heavy atom. The van der Waals surface area contributed by atoms with E-state index < -0.39 is 27.0 Å². The van der Waals surface area contributed by atoms with Crippen molar-refractivity contribution < 1.29 is 17.6 Å². The van der Waals surface area contributed by atoms with E-state index in [-0.39, 0.29) is 5.69 Å². The first kappa shape index (κ1) is 19.1. The summed E-state index contributed by atoms with van der Waals surface area (Å²) in [6, 6.07) is 6.02. The lowest BCUT2D eigenvalue weighted by Gasteiger charge is -2.09. The van der Waals surface area contributed by atoms with E-state index in [1.807, 2.05) is 4.72 Å². The van der Waals surface area contributed by atoms with Crippen LogP contribution in [0.5, 0.6) is 0 Å². The van der Waals surface area contributed by atoms with Crippen LogP contribution in [-0.2, 0) is 10.0 Å². The smallest absolute Gasteiger partial charge is 0.266 e. The molecule has 0 radical (unpaired) electrons. The van der Waals surface area contributed by atoms with Crippen molar-refractivity contribution in [3.8, 4) is 21.1 Å². The van der Waals surface area contributed by atoms with E-state index >= 15 is 0 Å². The van der Waals surface area contributed by atoms with Crippen LogP contribution in [0.3, 0.4) is 0 Å². The molecular weight excluding hydrogens is 391 g/mol. The van der Waals surface area contributed by atoms with Crippen LogP contribution in [0.1, 0.15) is 24.3 Å². The van der Waals surface area contributed by atoms with Crippen LogP contribution in [-0.4, -0.2) is 34.5 Å². The summed E-state index contributed by atoms with van der Waals surface area (Å²) in [6.45, 7) is 2.94. The first-order valence-corrected chi connectivity index (χ1v) is 10.2. The van der Waals surface area contributed by atoms with E-state index in [4.69, 9.17) is 0 Å². The second kappa shape index (κ2) is 7.49. The van der Waals surface area contributed by atoms with Gasteiger partial charge in [0.2, 0.25) is 10.0 Å². The van der Waals surface area contributed by atoms with E-state index in [9.17, 15) is 17.6 Å². The fourth-order valence-electron chi connectivity index (χ4n) is 2.05. The number of carbonyl (C=O) groups excluding carboxylic acids is 1. The van der Waals surface area contributed by atoms with E-state index in [2.05, 4.69) is 15.0 Å². The van der Waals surface area contributed by atoms with Crippen molar-refractivity contribution in [1.29, 1.82) is 0 Å². The van der Waals surface area contributed by atoms with Crippen LogP contribution in [0.4, 0.5) is 4.39 Å². The highest BCUT2D eigenvalue weighted by atomic mass is 32.2. The molecule has 140 valence electrons. The molecule has 7 nitrogen and oxygen atoms in total. The lowest BCUT2D eigenvalue weighted by molar-refractivity contribution is 0.0976. The number of hydrogen-bond donors (Lipinski definition) is 1. The molecule has 0 atom stereocenters. The number of rotatable bonds is 5. The molecule has 0 fully saturated rings. The largest absolute Gasteiger partial charge is 0.283 e. The number of nitrogens with one attached hydrogen (secondary N) is 1. The Morgan fingerprint density at radius 2 is 2.00 bits per heavy atom. The van der Waals surface area contributed by atoms with Gasteiger partial charge in [-0.1, -0.05) is 6.07 Å². The molecular formula is C17H15FN4O3S2. The van der Waals surface area contributed by atoms with Crippen molar-refractivity contribution in [2.75, 3.05) is 0 Å². The number of nitrogens with zero attached hydrogens (tertiary/aromatic N) is 3. The van der Waals surface area contributed by atoms with Gasteiger partial charge in [0.25, 0.3) is 5.91 Å². The Morgan fingerprint density at radius 1 is 1.22 bits per heavy atom. The summed E-state index contributed by atoms with van der Waals surface area (Å²) in [5.74, 6) is -1.27. The second-order valence-electron chi connectivity index (χ2n) is 5.85. The van der Waals surface area contributed by atoms with E-state index in [0.29, 0.717) is 21.1 Å². The number of pyridine rings is 2. The SMILES string of the molecule is CC(C)S(=O)(=O)NC(=O)c1cccc(-c2cnc(-c3cncc(F)c3)s2)n1.